The van der Waals surface area contributed by atoms with Crippen molar-refractivity contribution in [2.24, 2.45) is 0 Å². The van der Waals surface area contributed by atoms with Gasteiger partial charge in [0.15, 0.2) is 6.10 Å². The van der Waals surface area contributed by atoms with Crippen LogP contribution in [0.5, 0.6) is 5.75 Å². The summed E-state index contributed by atoms with van der Waals surface area (Å²) in [5.41, 5.74) is -1.00. The van der Waals surface area contributed by atoms with E-state index in [0.717, 1.165) is 22.9 Å². The molecule has 0 aliphatic rings. The Hall–Kier alpha value is -2.73. The molecule has 146 valence electrons. The molecule has 0 aliphatic heterocycles. The van der Waals surface area contributed by atoms with Gasteiger partial charge in [0, 0.05) is 11.1 Å². The average Bonchev–Trinajstić information content (AvgIpc) is 2.66. The lowest BCUT2D eigenvalue weighted by Crippen LogP contribution is -2.32. The van der Waals surface area contributed by atoms with Gasteiger partial charge in [-0.15, -0.1) is 0 Å². The molecule has 0 aliphatic carbocycles. The number of ether oxygens (including phenoxy) is 1. The Morgan fingerprint density at radius 3 is 2.54 bits per heavy atom. The minimum atomic E-state index is -4.61. The number of rotatable bonds is 5. The Bertz CT molecular complexity index is 999. The molecular formula is C21H17ClF3NO2. The number of carbonyl (C=O) groups is 1. The molecule has 0 heterocycles. The lowest BCUT2D eigenvalue weighted by atomic mass is 10.1. The Morgan fingerprint density at radius 2 is 1.82 bits per heavy atom. The fourth-order valence-electron chi connectivity index (χ4n) is 2.82. The van der Waals surface area contributed by atoms with Crippen molar-refractivity contribution in [3.8, 4) is 5.75 Å². The Morgan fingerprint density at radius 1 is 1.11 bits per heavy atom. The second kappa shape index (κ2) is 8.10. The summed E-state index contributed by atoms with van der Waals surface area (Å²) in [5, 5.41) is 3.86. The number of hydrogen-bond acceptors (Lipinski definition) is 2. The van der Waals surface area contributed by atoms with Crippen molar-refractivity contribution >= 4 is 34.0 Å². The summed E-state index contributed by atoms with van der Waals surface area (Å²) in [6.07, 6.45) is -5.13. The van der Waals surface area contributed by atoms with Crippen molar-refractivity contribution < 1.29 is 22.7 Å². The molecule has 7 heteroatoms. The minimum Gasteiger partial charge on any atom is -0.480 e. The first-order valence-corrected chi connectivity index (χ1v) is 8.99. The van der Waals surface area contributed by atoms with Crippen molar-refractivity contribution in [3.05, 3.63) is 71.2 Å². The van der Waals surface area contributed by atoms with Gasteiger partial charge in [0.2, 0.25) is 0 Å². The number of benzene rings is 3. The molecule has 0 aromatic heterocycles. The molecule has 28 heavy (non-hydrogen) atoms. The molecule has 3 nitrogen and oxygen atoms in total. The number of halogens is 4. The van der Waals surface area contributed by atoms with Crippen LogP contribution in [-0.2, 0) is 11.0 Å². The summed E-state index contributed by atoms with van der Waals surface area (Å²) in [5.74, 6) is -0.00179. The highest BCUT2D eigenvalue weighted by molar-refractivity contribution is 6.31. The van der Waals surface area contributed by atoms with E-state index in [2.05, 4.69) is 5.32 Å². The van der Waals surface area contributed by atoms with E-state index in [1.165, 1.54) is 6.07 Å². The van der Waals surface area contributed by atoms with Gasteiger partial charge in [0.1, 0.15) is 5.75 Å². The largest absolute Gasteiger partial charge is 0.480 e. The highest BCUT2D eigenvalue weighted by atomic mass is 35.5. The second-order valence-corrected chi connectivity index (χ2v) is 6.58. The molecule has 1 N–H and O–H groups in total. The highest BCUT2D eigenvalue weighted by Crippen LogP contribution is 2.36. The van der Waals surface area contributed by atoms with Crippen LogP contribution in [-0.4, -0.2) is 12.0 Å². The van der Waals surface area contributed by atoms with E-state index in [1.54, 1.807) is 13.0 Å². The van der Waals surface area contributed by atoms with E-state index < -0.39 is 28.8 Å². The van der Waals surface area contributed by atoms with Gasteiger partial charge in [-0.2, -0.15) is 13.2 Å². The van der Waals surface area contributed by atoms with Crippen molar-refractivity contribution in [2.45, 2.75) is 25.6 Å². The molecule has 3 aromatic carbocycles. The summed E-state index contributed by atoms with van der Waals surface area (Å²) < 4.78 is 44.9. The second-order valence-electron chi connectivity index (χ2n) is 6.17. The monoisotopic (exact) mass is 407 g/mol. The van der Waals surface area contributed by atoms with Gasteiger partial charge in [0.25, 0.3) is 5.91 Å². The maximum atomic E-state index is 13.0. The molecule has 0 spiro atoms. The highest BCUT2D eigenvalue weighted by Gasteiger charge is 2.33. The Labute approximate surface area is 165 Å². The first kappa shape index (κ1) is 20.0. The number of alkyl halides is 3. The summed E-state index contributed by atoms with van der Waals surface area (Å²) in [6.45, 7) is 1.76. The van der Waals surface area contributed by atoms with Gasteiger partial charge >= 0.3 is 6.18 Å². The van der Waals surface area contributed by atoms with Crippen molar-refractivity contribution in [2.75, 3.05) is 5.32 Å². The zero-order valence-electron chi connectivity index (χ0n) is 14.9. The van der Waals surface area contributed by atoms with Gasteiger partial charge in [-0.05, 0) is 36.1 Å². The quantitative estimate of drug-likeness (QED) is 0.538. The molecule has 0 radical (unpaired) electrons. The molecule has 1 atom stereocenters. The first-order valence-electron chi connectivity index (χ1n) is 8.61. The Balaban J connectivity index is 1.81. The molecule has 0 bridgehead atoms. The van der Waals surface area contributed by atoms with Crippen LogP contribution >= 0.6 is 11.6 Å². The van der Waals surface area contributed by atoms with Gasteiger partial charge < -0.3 is 10.1 Å². The van der Waals surface area contributed by atoms with Crippen LogP contribution in [0.25, 0.3) is 10.8 Å². The molecule has 0 saturated heterocycles. The SMILES string of the molecule is CC[C@@H](Oc1cccc2ccccc12)C(=O)Nc1ccc(Cl)c(C(F)(F)F)c1. The van der Waals surface area contributed by atoms with E-state index in [4.69, 9.17) is 16.3 Å². The van der Waals surface area contributed by atoms with E-state index in [9.17, 15) is 18.0 Å². The third-order valence-electron chi connectivity index (χ3n) is 4.22. The van der Waals surface area contributed by atoms with Crippen molar-refractivity contribution in [1.29, 1.82) is 0 Å². The van der Waals surface area contributed by atoms with Crippen molar-refractivity contribution in [1.82, 2.24) is 0 Å². The van der Waals surface area contributed by atoms with Crippen LogP contribution in [0.4, 0.5) is 18.9 Å². The summed E-state index contributed by atoms with van der Waals surface area (Å²) in [4.78, 5) is 12.6. The molecule has 0 fully saturated rings. The summed E-state index contributed by atoms with van der Waals surface area (Å²) in [7, 11) is 0. The average molecular weight is 408 g/mol. The fourth-order valence-corrected chi connectivity index (χ4v) is 3.04. The predicted octanol–water partition coefficient (Wildman–Crippen LogP) is 6.31. The van der Waals surface area contributed by atoms with Crippen LogP contribution in [0.1, 0.15) is 18.9 Å². The molecular weight excluding hydrogens is 391 g/mol. The fraction of sp³-hybridized carbons (Fsp3) is 0.190. The maximum absolute atomic E-state index is 13.0. The van der Waals surface area contributed by atoms with Crippen LogP contribution in [0.3, 0.4) is 0 Å². The molecule has 3 aromatic rings. The van der Waals surface area contributed by atoms with E-state index >= 15 is 0 Å². The van der Waals surface area contributed by atoms with Gasteiger partial charge in [-0.1, -0.05) is 54.9 Å². The molecule has 0 unspecified atom stereocenters. The smallest absolute Gasteiger partial charge is 0.417 e. The van der Waals surface area contributed by atoms with E-state index in [1.807, 2.05) is 36.4 Å². The van der Waals surface area contributed by atoms with Gasteiger partial charge in [0.05, 0.1) is 10.6 Å². The lowest BCUT2D eigenvalue weighted by molar-refractivity contribution is -0.137. The van der Waals surface area contributed by atoms with E-state index in [-0.39, 0.29) is 5.69 Å². The third kappa shape index (κ3) is 4.39. The normalized spacial score (nSPS) is 12.6. The zero-order chi connectivity index (χ0) is 20.3. The third-order valence-corrected chi connectivity index (χ3v) is 4.55. The number of carbonyl (C=O) groups excluding carboxylic acids is 1. The van der Waals surface area contributed by atoms with Gasteiger partial charge in [-0.3, -0.25) is 4.79 Å². The predicted molar refractivity (Wildman–Crippen MR) is 104 cm³/mol. The van der Waals surface area contributed by atoms with E-state index in [0.29, 0.717) is 12.2 Å². The maximum Gasteiger partial charge on any atom is 0.417 e. The van der Waals surface area contributed by atoms with Crippen LogP contribution in [0, 0.1) is 0 Å². The molecule has 0 saturated carbocycles. The molecule has 3 rings (SSSR count). The Kier molecular flexibility index (Phi) is 5.79. The van der Waals surface area contributed by atoms with Gasteiger partial charge in [-0.25, -0.2) is 0 Å². The standard InChI is InChI=1S/C21H17ClF3NO2/c1-2-18(28-19-9-5-7-13-6-3-4-8-15(13)19)20(27)26-14-10-11-17(22)16(12-14)21(23,24)25/h3-12,18H,2H2,1H3,(H,26,27)/t18-/m1/s1. The summed E-state index contributed by atoms with van der Waals surface area (Å²) >= 11 is 5.61. The van der Waals surface area contributed by atoms with Crippen molar-refractivity contribution in [3.63, 3.8) is 0 Å². The number of fused-ring (bicyclic) bond motifs is 1. The molecule has 1 amide bonds. The number of amides is 1. The number of anilines is 1. The number of nitrogens with one attached hydrogen (secondary N) is 1. The zero-order valence-corrected chi connectivity index (χ0v) is 15.6. The van der Waals surface area contributed by atoms with Crippen LogP contribution in [0.15, 0.2) is 60.7 Å². The number of hydrogen-bond donors (Lipinski definition) is 1. The first-order chi connectivity index (χ1) is 13.3. The minimum absolute atomic E-state index is 0.00157. The topological polar surface area (TPSA) is 38.3 Å². The van der Waals surface area contributed by atoms with Crippen LogP contribution < -0.4 is 10.1 Å². The lowest BCUT2D eigenvalue weighted by Gasteiger charge is -2.19. The van der Waals surface area contributed by atoms with Crippen LogP contribution in [0.2, 0.25) is 5.02 Å². The summed E-state index contributed by atoms with van der Waals surface area (Å²) in [6, 6.07) is 16.3.